The van der Waals surface area contributed by atoms with Crippen molar-refractivity contribution in [2.45, 2.75) is 102 Å². The first-order chi connectivity index (χ1) is 10.4. The summed E-state index contributed by atoms with van der Waals surface area (Å²) in [5, 5.41) is 0. The minimum absolute atomic E-state index is 0.774. The summed E-state index contributed by atoms with van der Waals surface area (Å²) in [6, 6.07) is 1.79. The maximum Gasteiger partial charge on any atom is 0.216 e. The van der Waals surface area contributed by atoms with Crippen LogP contribution in [0.1, 0.15) is 84.0 Å². The third-order valence-electron chi connectivity index (χ3n) is 7.11. The van der Waals surface area contributed by atoms with Gasteiger partial charge in [0.05, 0.1) is 46.7 Å². The van der Waals surface area contributed by atoms with E-state index in [4.69, 9.17) is 0 Å². The van der Waals surface area contributed by atoms with Gasteiger partial charge in [0.15, 0.2) is 0 Å². The minimum Gasteiger partial charge on any atom is -0.277 e. The molecule has 0 heterocycles. The minimum atomic E-state index is 0.774. The van der Waals surface area contributed by atoms with Crippen molar-refractivity contribution < 1.29 is 8.97 Å². The van der Waals surface area contributed by atoms with Crippen LogP contribution in [0.3, 0.4) is 0 Å². The van der Waals surface area contributed by atoms with Gasteiger partial charge < -0.3 is 0 Å². The summed E-state index contributed by atoms with van der Waals surface area (Å²) in [5.41, 5.74) is 0. The lowest BCUT2D eigenvalue weighted by atomic mass is 9.89. The summed E-state index contributed by atoms with van der Waals surface area (Å²) in [6.45, 7) is 2.38. The molecule has 2 rings (SSSR count). The van der Waals surface area contributed by atoms with Crippen LogP contribution in [0.2, 0.25) is 0 Å². The molecule has 0 aromatic heterocycles. The quantitative estimate of drug-likeness (QED) is 0.482. The molecular weight excluding hydrogens is 268 g/mol. The summed E-state index contributed by atoms with van der Waals surface area (Å²) in [7, 11) is 10.2. The van der Waals surface area contributed by atoms with Gasteiger partial charge in [0, 0.05) is 0 Å². The van der Waals surface area contributed by atoms with Crippen molar-refractivity contribution >= 4 is 0 Å². The smallest absolute Gasteiger partial charge is 0.216 e. The van der Waals surface area contributed by atoms with Gasteiger partial charge in [0.1, 0.15) is 0 Å². The van der Waals surface area contributed by atoms with Crippen molar-refractivity contribution in [3.8, 4) is 0 Å². The largest absolute Gasteiger partial charge is 0.277 e. The fraction of sp³-hybridized carbons (Fsp3) is 1.00. The summed E-state index contributed by atoms with van der Waals surface area (Å²) in [6.07, 6.45) is 18.1. The van der Waals surface area contributed by atoms with Crippen LogP contribution in [0.4, 0.5) is 0 Å². The first kappa shape index (κ1) is 18.3. The van der Waals surface area contributed by atoms with Gasteiger partial charge in [-0.3, -0.25) is 8.97 Å². The first-order valence-corrected chi connectivity index (χ1v) is 10.1. The van der Waals surface area contributed by atoms with E-state index >= 15 is 0 Å². The maximum absolute atomic E-state index is 2.55. The maximum atomic E-state index is 2.55. The number of quaternary nitrogens is 2. The van der Waals surface area contributed by atoms with Crippen LogP contribution in [0, 0.1) is 0 Å². The second-order valence-electron chi connectivity index (χ2n) is 9.11. The van der Waals surface area contributed by atoms with Gasteiger partial charge in [-0.2, -0.15) is 0 Å². The first-order valence-electron chi connectivity index (χ1n) is 10.1. The SMILES string of the molecule is CCCC([N+](C)(C)C1CCCCC1)[N+](C)(C)C1CCCCC1. The molecule has 2 fully saturated rings. The molecule has 0 saturated heterocycles. The average Bonchev–Trinajstić information content (AvgIpc) is 2.54. The highest BCUT2D eigenvalue weighted by Crippen LogP contribution is 2.36. The van der Waals surface area contributed by atoms with E-state index in [9.17, 15) is 0 Å². The molecule has 130 valence electrons. The lowest BCUT2D eigenvalue weighted by Crippen LogP contribution is -2.70. The van der Waals surface area contributed by atoms with E-state index in [1.807, 2.05) is 0 Å². The molecular formula is C20H42N2+2. The van der Waals surface area contributed by atoms with Gasteiger partial charge in [-0.25, -0.2) is 0 Å². The van der Waals surface area contributed by atoms with Gasteiger partial charge in [-0.05, 0) is 57.8 Å². The Morgan fingerprint density at radius 1 is 0.682 bits per heavy atom. The fourth-order valence-corrected chi connectivity index (χ4v) is 5.67. The van der Waals surface area contributed by atoms with E-state index < -0.39 is 0 Å². The van der Waals surface area contributed by atoms with Crippen molar-refractivity contribution in [3.05, 3.63) is 0 Å². The highest BCUT2D eigenvalue weighted by Gasteiger charge is 2.48. The molecule has 0 amide bonds. The van der Waals surface area contributed by atoms with Gasteiger partial charge in [-0.1, -0.05) is 19.8 Å². The number of hydrogen-bond donors (Lipinski definition) is 0. The van der Waals surface area contributed by atoms with Crippen LogP contribution in [-0.4, -0.2) is 55.4 Å². The van der Waals surface area contributed by atoms with Crippen molar-refractivity contribution in [1.82, 2.24) is 0 Å². The zero-order valence-electron chi connectivity index (χ0n) is 16.1. The van der Waals surface area contributed by atoms with Crippen molar-refractivity contribution in [2.75, 3.05) is 28.2 Å². The number of nitrogens with zero attached hydrogens (tertiary/aromatic N) is 2. The summed E-state index contributed by atoms with van der Waals surface area (Å²) < 4.78 is 2.52. The van der Waals surface area contributed by atoms with E-state index in [2.05, 4.69) is 35.1 Å². The topological polar surface area (TPSA) is 0 Å². The predicted molar refractivity (Wildman–Crippen MR) is 96.7 cm³/mol. The standard InChI is InChI=1S/C20H42N2/c1-6-13-20(21(2,3)18-14-9-7-10-15-18)22(4,5)19-16-11-8-12-17-19/h18-20H,6-17H2,1-5H3/q+2. The summed E-state index contributed by atoms with van der Waals surface area (Å²) in [4.78, 5) is 0. The third-order valence-corrected chi connectivity index (χ3v) is 7.11. The molecule has 22 heavy (non-hydrogen) atoms. The Balaban J connectivity index is 2.18. The Hall–Kier alpha value is -0.0800. The fourth-order valence-electron chi connectivity index (χ4n) is 5.67. The molecule has 0 spiro atoms. The Labute approximate surface area is 140 Å². The third kappa shape index (κ3) is 3.87. The molecule has 2 heteroatoms. The molecule has 0 aliphatic heterocycles. The second-order valence-corrected chi connectivity index (χ2v) is 9.11. The molecule has 0 unspecified atom stereocenters. The lowest BCUT2D eigenvalue weighted by Gasteiger charge is -2.54. The van der Waals surface area contributed by atoms with Crippen molar-refractivity contribution in [1.29, 1.82) is 0 Å². The predicted octanol–water partition coefficient (Wildman–Crippen LogP) is 4.93. The molecule has 0 aromatic carbocycles. The Bertz CT molecular complexity index is 293. The van der Waals surface area contributed by atoms with Gasteiger partial charge >= 0.3 is 0 Å². The van der Waals surface area contributed by atoms with Crippen LogP contribution < -0.4 is 0 Å². The van der Waals surface area contributed by atoms with Crippen LogP contribution in [0.5, 0.6) is 0 Å². The van der Waals surface area contributed by atoms with Gasteiger partial charge in [0.2, 0.25) is 6.17 Å². The molecule has 2 aliphatic carbocycles. The molecule has 2 saturated carbocycles. The molecule has 0 bridgehead atoms. The molecule has 0 atom stereocenters. The monoisotopic (exact) mass is 310 g/mol. The zero-order valence-corrected chi connectivity index (χ0v) is 16.1. The molecule has 0 N–H and O–H groups in total. The summed E-state index contributed by atoms with van der Waals surface area (Å²) in [5.74, 6) is 0. The Kier molecular flexibility index (Phi) is 6.36. The summed E-state index contributed by atoms with van der Waals surface area (Å²) >= 11 is 0. The van der Waals surface area contributed by atoms with Crippen LogP contribution in [-0.2, 0) is 0 Å². The van der Waals surface area contributed by atoms with Gasteiger partial charge in [0.25, 0.3) is 0 Å². The van der Waals surface area contributed by atoms with E-state index in [-0.39, 0.29) is 0 Å². The average molecular weight is 311 g/mol. The Morgan fingerprint density at radius 3 is 1.36 bits per heavy atom. The normalized spacial score (nSPS) is 23.2. The molecule has 2 nitrogen and oxygen atoms in total. The van der Waals surface area contributed by atoms with Crippen LogP contribution in [0.15, 0.2) is 0 Å². The van der Waals surface area contributed by atoms with E-state index in [0.717, 1.165) is 18.2 Å². The van der Waals surface area contributed by atoms with E-state index in [0.29, 0.717) is 0 Å². The lowest BCUT2D eigenvalue weighted by molar-refractivity contribution is -1.12. The van der Waals surface area contributed by atoms with E-state index in [1.54, 1.807) is 0 Å². The molecule has 0 radical (unpaired) electrons. The van der Waals surface area contributed by atoms with Crippen LogP contribution in [0.25, 0.3) is 0 Å². The number of rotatable bonds is 6. The highest BCUT2D eigenvalue weighted by molar-refractivity contribution is 4.70. The number of hydrogen-bond acceptors (Lipinski definition) is 0. The zero-order chi connectivity index (χ0) is 16.2. The van der Waals surface area contributed by atoms with Crippen molar-refractivity contribution in [2.24, 2.45) is 0 Å². The second kappa shape index (κ2) is 7.66. The highest BCUT2D eigenvalue weighted by atomic mass is 15.5. The van der Waals surface area contributed by atoms with Gasteiger partial charge in [-0.15, -0.1) is 0 Å². The molecule has 0 aromatic rings. The van der Waals surface area contributed by atoms with Crippen molar-refractivity contribution in [3.63, 3.8) is 0 Å². The molecule has 2 aliphatic rings. The van der Waals surface area contributed by atoms with E-state index in [1.165, 1.54) is 86.0 Å². The Morgan fingerprint density at radius 2 is 1.05 bits per heavy atom. The van der Waals surface area contributed by atoms with Crippen LogP contribution >= 0.6 is 0 Å².